The summed E-state index contributed by atoms with van der Waals surface area (Å²) in [6.45, 7) is 5.41. The third-order valence-electron chi connectivity index (χ3n) is 4.71. The lowest BCUT2D eigenvalue weighted by Crippen LogP contribution is -2.36. The number of nitrogens with one attached hydrogen (secondary N) is 3. The zero-order valence-corrected chi connectivity index (χ0v) is 19.5. The molecule has 0 aromatic heterocycles. The highest BCUT2D eigenvalue weighted by Gasteiger charge is 2.17. The zero-order chi connectivity index (χ0) is 20.5. The summed E-state index contributed by atoms with van der Waals surface area (Å²) in [6, 6.07) is 14.1. The minimum Gasteiger partial charge on any atom is -0.357 e. The smallest absolute Gasteiger partial charge is 0.321 e. The van der Waals surface area contributed by atoms with Crippen molar-refractivity contribution in [2.45, 2.75) is 32.9 Å². The Balaban J connectivity index is 0.00000320. The number of carbonyl (C=O) groups excluding carboxylic acids is 1. The van der Waals surface area contributed by atoms with Crippen LogP contribution >= 0.6 is 24.0 Å². The monoisotopic (exact) mass is 525 g/mol. The van der Waals surface area contributed by atoms with Gasteiger partial charge in [0.25, 0.3) is 0 Å². The first kappa shape index (κ1) is 23.9. The molecular formula is C22H29FIN5O. The van der Waals surface area contributed by atoms with Gasteiger partial charge in [-0.3, -0.25) is 0 Å². The third-order valence-corrected chi connectivity index (χ3v) is 4.71. The van der Waals surface area contributed by atoms with Crippen LogP contribution in [-0.4, -0.2) is 36.5 Å². The largest absolute Gasteiger partial charge is 0.357 e. The molecule has 1 aliphatic heterocycles. The molecule has 3 N–H and O–H groups in total. The summed E-state index contributed by atoms with van der Waals surface area (Å²) < 4.78 is 13.0. The molecule has 3 rings (SSSR count). The highest BCUT2D eigenvalue weighted by Crippen LogP contribution is 2.14. The average molecular weight is 525 g/mol. The molecule has 2 amide bonds. The molecule has 1 aliphatic rings. The van der Waals surface area contributed by atoms with Gasteiger partial charge in [-0.1, -0.05) is 24.3 Å². The Morgan fingerprint density at radius 1 is 1.07 bits per heavy atom. The van der Waals surface area contributed by atoms with E-state index in [9.17, 15) is 9.18 Å². The van der Waals surface area contributed by atoms with Crippen LogP contribution in [0.2, 0.25) is 0 Å². The first-order valence-electron chi connectivity index (χ1n) is 10.1. The van der Waals surface area contributed by atoms with Crippen molar-refractivity contribution in [2.24, 2.45) is 4.99 Å². The van der Waals surface area contributed by atoms with E-state index in [0.717, 1.165) is 49.3 Å². The van der Waals surface area contributed by atoms with E-state index in [-0.39, 0.29) is 35.8 Å². The number of hydrogen-bond donors (Lipinski definition) is 3. The second-order valence-corrected chi connectivity index (χ2v) is 7.00. The Hall–Kier alpha value is -2.36. The van der Waals surface area contributed by atoms with E-state index < -0.39 is 0 Å². The minimum absolute atomic E-state index is 0. The van der Waals surface area contributed by atoms with Gasteiger partial charge in [0.2, 0.25) is 0 Å². The van der Waals surface area contributed by atoms with Crippen LogP contribution in [0.4, 0.5) is 14.9 Å². The number of urea groups is 1. The number of nitrogens with zero attached hydrogens (tertiary/aromatic N) is 2. The van der Waals surface area contributed by atoms with Crippen LogP contribution in [0.25, 0.3) is 0 Å². The average Bonchev–Trinajstić information content (AvgIpc) is 3.27. The van der Waals surface area contributed by atoms with Crippen molar-refractivity contribution in [3.63, 3.8) is 0 Å². The number of hydrogen-bond acceptors (Lipinski definition) is 2. The number of benzene rings is 2. The van der Waals surface area contributed by atoms with E-state index in [1.165, 1.54) is 12.1 Å². The van der Waals surface area contributed by atoms with Crippen LogP contribution in [0, 0.1) is 5.82 Å². The van der Waals surface area contributed by atoms with Gasteiger partial charge in [-0.05, 0) is 55.2 Å². The lowest BCUT2D eigenvalue weighted by Gasteiger charge is -2.16. The number of rotatable bonds is 6. The van der Waals surface area contributed by atoms with Gasteiger partial charge < -0.3 is 20.9 Å². The van der Waals surface area contributed by atoms with E-state index in [0.29, 0.717) is 19.0 Å². The normalized spacial score (nSPS) is 13.5. The second-order valence-electron chi connectivity index (χ2n) is 7.00. The molecular weight excluding hydrogens is 496 g/mol. The Bertz CT molecular complexity index is 838. The van der Waals surface area contributed by atoms with Crippen LogP contribution in [0.5, 0.6) is 0 Å². The molecule has 0 bridgehead atoms. The summed E-state index contributed by atoms with van der Waals surface area (Å²) in [5, 5.41) is 9.42. The van der Waals surface area contributed by atoms with E-state index in [1.807, 2.05) is 36.1 Å². The SMILES string of the molecule is CCNC(=NCc1cccc(NC(=O)N2CCCC2)c1)NCc1ccc(F)cc1.I. The first-order chi connectivity index (χ1) is 14.1. The Labute approximate surface area is 194 Å². The summed E-state index contributed by atoms with van der Waals surface area (Å²) >= 11 is 0. The molecule has 0 radical (unpaired) electrons. The summed E-state index contributed by atoms with van der Waals surface area (Å²) in [7, 11) is 0. The molecule has 1 heterocycles. The molecule has 162 valence electrons. The highest BCUT2D eigenvalue weighted by molar-refractivity contribution is 14.0. The second kappa shape index (κ2) is 12.4. The van der Waals surface area contributed by atoms with E-state index >= 15 is 0 Å². The number of anilines is 1. The summed E-state index contributed by atoms with van der Waals surface area (Å²) in [6.07, 6.45) is 2.14. The quantitative estimate of drug-likeness (QED) is 0.299. The maximum atomic E-state index is 13.0. The maximum Gasteiger partial charge on any atom is 0.321 e. The molecule has 0 atom stereocenters. The summed E-state index contributed by atoms with van der Waals surface area (Å²) in [4.78, 5) is 18.7. The number of amides is 2. The predicted octanol–water partition coefficient (Wildman–Crippen LogP) is 4.33. The highest BCUT2D eigenvalue weighted by atomic mass is 127. The fourth-order valence-electron chi connectivity index (χ4n) is 3.17. The number of halogens is 2. The van der Waals surface area contributed by atoms with Crippen LogP contribution in [0.3, 0.4) is 0 Å². The number of carbonyl (C=O) groups is 1. The lowest BCUT2D eigenvalue weighted by molar-refractivity contribution is 0.222. The molecule has 6 nitrogen and oxygen atoms in total. The molecule has 0 spiro atoms. The van der Waals surface area contributed by atoms with Crippen molar-refractivity contribution in [3.8, 4) is 0 Å². The third kappa shape index (κ3) is 7.47. The summed E-state index contributed by atoms with van der Waals surface area (Å²) in [5.74, 6) is 0.439. The van der Waals surface area contributed by atoms with Gasteiger partial charge in [0.15, 0.2) is 5.96 Å². The van der Waals surface area contributed by atoms with Gasteiger partial charge in [-0.2, -0.15) is 0 Å². The molecule has 30 heavy (non-hydrogen) atoms. The molecule has 2 aromatic rings. The lowest BCUT2D eigenvalue weighted by atomic mass is 10.2. The molecule has 2 aromatic carbocycles. The zero-order valence-electron chi connectivity index (χ0n) is 17.2. The molecule has 0 unspecified atom stereocenters. The van der Waals surface area contributed by atoms with Crippen molar-refractivity contribution < 1.29 is 9.18 Å². The molecule has 1 saturated heterocycles. The molecule has 0 aliphatic carbocycles. The van der Waals surface area contributed by atoms with E-state index in [2.05, 4.69) is 20.9 Å². The fourth-order valence-corrected chi connectivity index (χ4v) is 3.17. The van der Waals surface area contributed by atoms with Crippen molar-refractivity contribution in [1.29, 1.82) is 0 Å². The van der Waals surface area contributed by atoms with Gasteiger partial charge in [-0.25, -0.2) is 14.2 Å². The topological polar surface area (TPSA) is 68.8 Å². The Morgan fingerprint density at radius 2 is 1.80 bits per heavy atom. The number of likely N-dealkylation sites (tertiary alicyclic amines) is 1. The van der Waals surface area contributed by atoms with Crippen molar-refractivity contribution in [2.75, 3.05) is 25.0 Å². The van der Waals surface area contributed by atoms with Crippen molar-refractivity contribution >= 4 is 41.7 Å². The number of aliphatic imine (C=N–C) groups is 1. The van der Waals surface area contributed by atoms with Crippen LogP contribution in [-0.2, 0) is 13.1 Å². The standard InChI is InChI=1S/C22H28FN5O.HI/c1-2-24-21(25-15-17-8-10-19(23)11-9-17)26-16-18-6-5-7-20(14-18)27-22(29)28-12-3-4-13-28;/h5-11,14H,2-4,12-13,15-16H2,1H3,(H,27,29)(H2,24,25,26);1H. The molecule has 8 heteroatoms. The predicted molar refractivity (Wildman–Crippen MR) is 130 cm³/mol. The van der Waals surface area contributed by atoms with Crippen LogP contribution in [0.15, 0.2) is 53.5 Å². The molecule has 0 saturated carbocycles. The van der Waals surface area contributed by atoms with Gasteiger partial charge in [0, 0.05) is 31.9 Å². The van der Waals surface area contributed by atoms with Crippen molar-refractivity contribution in [3.05, 3.63) is 65.5 Å². The molecule has 1 fully saturated rings. The Morgan fingerprint density at radius 3 is 2.50 bits per heavy atom. The number of guanidine groups is 1. The van der Waals surface area contributed by atoms with Crippen LogP contribution in [0.1, 0.15) is 30.9 Å². The van der Waals surface area contributed by atoms with E-state index in [4.69, 9.17) is 0 Å². The Kier molecular flexibility index (Phi) is 9.85. The fraction of sp³-hybridized carbons (Fsp3) is 0.364. The van der Waals surface area contributed by atoms with Gasteiger partial charge in [0.05, 0.1) is 6.54 Å². The van der Waals surface area contributed by atoms with Crippen LogP contribution < -0.4 is 16.0 Å². The first-order valence-corrected chi connectivity index (χ1v) is 10.1. The van der Waals surface area contributed by atoms with Gasteiger partial charge in [-0.15, -0.1) is 24.0 Å². The summed E-state index contributed by atoms with van der Waals surface area (Å²) in [5.41, 5.74) is 2.76. The van der Waals surface area contributed by atoms with Gasteiger partial charge >= 0.3 is 6.03 Å². The minimum atomic E-state index is -0.244. The van der Waals surface area contributed by atoms with Gasteiger partial charge in [0.1, 0.15) is 5.82 Å². The maximum absolute atomic E-state index is 13.0. The van der Waals surface area contributed by atoms with Crippen molar-refractivity contribution in [1.82, 2.24) is 15.5 Å². The van der Waals surface area contributed by atoms with E-state index in [1.54, 1.807) is 12.1 Å².